The van der Waals surface area contributed by atoms with E-state index in [9.17, 15) is 9.90 Å². The number of phenolic OH excluding ortho intramolecular Hbond substituents is 1. The van der Waals surface area contributed by atoms with E-state index >= 15 is 0 Å². The van der Waals surface area contributed by atoms with Crippen LogP contribution in [0.4, 0.5) is 0 Å². The normalized spacial score (nSPS) is 11.0. The number of aromatic hydroxyl groups is 1. The van der Waals surface area contributed by atoms with E-state index in [1.807, 2.05) is 41.8 Å². The van der Waals surface area contributed by atoms with Gasteiger partial charge in [-0.05, 0) is 37.0 Å². The number of aromatic nitrogens is 3. The van der Waals surface area contributed by atoms with Crippen molar-refractivity contribution in [1.29, 1.82) is 0 Å². The van der Waals surface area contributed by atoms with Crippen LogP contribution >= 0.6 is 11.3 Å². The molecule has 0 atom stereocenters. The number of thiazole rings is 1. The number of rotatable bonds is 8. The molecule has 0 aliphatic rings. The molecule has 0 aliphatic carbocycles. The number of nitrogens with one attached hydrogen (secondary N) is 2. The summed E-state index contributed by atoms with van der Waals surface area (Å²) in [5.41, 5.74) is 3.27. The maximum Gasteiger partial charge on any atom is 0.271 e. The topological polar surface area (TPSA) is 90.9 Å². The predicted molar refractivity (Wildman–Crippen MR) is 114 cm³/mol. The van der Waals surface area contributed by atoms with E-state index in [1.54, 1.807) is 12.1 Å². The number of fused-ring (bicyclic) bond motifs is 1. The van der Waals surface area contributed by atoms with Gasteiger partial charge in [0.2, 0.25) is 0 Å². The highest BCUT2D eigenvalue weighted by molar-refractivity contribution is 7.09. The Labute approximate surface area is 172 Å². The van der Waals surface area contributed by atoms with E-state index in [2.05, 4.69) is 20.3 Å². The second-order valence-electron chi connectivity index (χ2n) is 6.89. The molecule has 6 nitrogen and oxygen atoms in total. The standard InChI is InChI=1S/C22H22N4O2S/c27-16-10-11-17-18(12-16)25-20(24-17)8-4-5-9-21-26-19(14-29-21)22(28)23-13-15-6-2-1-3-7-15/h1-3,6-7,10-12,14,27H,4-5,8-9,13H2,(H,23,28)(H,24,25). The molecule has 2 aromatic carbocycles. The first kappa shape index (κ1) is 19.1. The monoisotopic (exact) mass is 406 g/mol. The molecule has 29 heavy (non-hydrogen) atoms. The largest absolute Gasteiger partial charge is 0.508 e. The third kappa shape index (κ3) is 5.00. The van der Waals surface area contributed by atoms with Gasteiger partial charge in [0.05, 0.1) is 16.0 Å². The summed E-state index contributed by atoms with van der Waals surface area (Å²) in [6.45, 7) is 0.502. The average Bonchev–Trinajstić information content (AvgIpc) is 3.36. The van der Waals surface area contributed by atoms with Crippen molar-refractivity contribution in [3.05, 3.63) is 76.0 Å². The molecule has 4 aromatic rings. The first-order chi connectivity index (χ1) is 14.2. The average molecular weight is 407 g/mol. The van der Waals surface area contributed by atoms with Gasteiger partial charge in [-0.1, -0.05) is 30.3 Å². The third-order valence-electron chi connectivity index (χ3n) is 4.65. The summed E-state index contributed by atoms with van der Waals surface area (Å²) in [5, 5.41) is 15.2. The Morgan fingerprint density at radius 2 is 1.90 bits per heavy atom. The van der Waals surface area contributed by atoms with Crippen molar-refractivity contribution in [3.63, 3.8) is 0 Å². The third-order valence-corrected chi connectivity index (χ3v) is 5.56. The zero-order chi connectivity index (χ0) is 20.1. The summed E-state index contributed by atoms with van der Waals surface area (Å²) in [7, 11) is 0. The van der Waals surface area contributed by atoms with Crippen LogP contribution in [0.15, 0.2) is 53.9 Å². The molecular formula is C22H22N4O2S. The summed E-state index contributed by atoms with van der Waals surface area (Å²) in [6, 6.07) is 15.0. The van der Waals surface area contributed by atoms with Crippen LogP contribution in [0.25, 0.3) is 11.0 Å². The number of aryl methyl sites for hydroxylation is 2. The summed E-state index contributed by atoms with van der Waals surface area (Å²) in [5.74, 6) is 1.02. The maximum absolute atomic E-state index is 12.3. The molecule has 0 saturated carbocycles. The van der Waals surface area contributed by atoms with Crippen molar-refractivity contribution in [2.45, 2.75) is 32.2 Å². The summed E-state index contributed by atoms with van der Waals surface area (Å²) < 4.78 is 0. The number of benzene rings is 2. The molecule has 0 spiro atoms. The smallest absolute Gasteiger partial charge is 0.271 e. The Hall–Kier alpha value is -3.19. The molecule has 2 heterocycles. The number of phenols is 1. The van der Waals surface area contributed by atoms with Crippen LogP contribution in [0.1, 0.15) is 39.7 Å². The molecule has 0 fully saturated rings. The van der Waals surface area contributed by atoms with Gasteiger partial charge < -0.3 is 15.4 Å². The van der Waals surface area contributed by atoms with Crippen molar-refractivity contribution < 1.29 is 9.90 Å². The Balaban J connectivity index is 1.23. The van der Waals surface area contributed by atoms with Gasteiger partial charge in [0, 0.05) is 24.4 Å². The van der Waals surface area contributed by atoms with Gasteiger partial charge in [-0.3, -0.25) is 4.79 Å². The number of aromatic amines is 1. The van der Waals surface area contributed by atoms with Crippen LogP contribution in [0.2, 0.25) is 0 Å². The molecule has 0 aliphatic heterocycles. The lowest BCUT2D eigenvalue weighted by Crippen LogP contribution is -2.23. The molecule has 7 heteroatoms. The molecule has 0 bridgehead atoms. The molecule has 0 saturated heterocycles. The zero-order valence-electron chi connectivity index (χ0n) is 15.9. The van der Waals surface area contributed by atoms with E-state index in [0.29, 0.717) is 12.2 Å². The van der Waals surface area contributed by atoms with Gasteiger partial charge >= 0.3 is 0 Å². The number of carbonyl (C=O) groups is 1. The van der Waals surface area contributed by atoms with Crippen LogP contribution in [0.3, 0.4) is 0 Å². The van der Waals surface area contributed by atoms with E-state index in [0.717, 1.165) is 53.1 Å². The second kappa shape index (κ2) is 8.87. The minimum absolute atomic E-state index is 0.137. The molecule has 148 valence electrons. The Bertz CT molecular complexity index is 1100. The number of nitrogens with zero attached hydrogens (tertiary/aromatic N) is 2. The molecular weight excluding hydrogens is 384 g/mol. The van der Waals surface area contributed by atoms with Crippen LogP contribution in [0, 0.1) is 0 Å². The van der Waals surface area contributed by atoms with Crippen LogP contribution in [0.5, 0.6) is 5.75 Å². The highest BCUT2D eigenvalue weighted by atomic mass is 32.1. The molecule has 3 N–H and O–H groups in total. The highest BCUT2D eigenvalue weighted by Gasteiger charge is 2.10. The minimum Gasteiger partial charge on any atom is -0.508 e. The van der Waals surface area contributed by atoms with Gasteiger partial charge in [-0.2, -0.15) is 0 Å². The van der Waals surface area contributed by atoms with Gasteiger partial charge in [0.1, 0.15) is 17.3 Å². The lowest BCUT2D eigenvalue weighted by molar-refractivity contribution is 0.0946. The number of hydrogen-bond acceptors (Lipinski definition) is 5. The molecule has 0 radical (unpaired) electrons. The van der Waals surface area contributed by atoms with Gasteiger partial charge in [-0.15, -0.1) is 11.3 Å². The number of hydrogen-bond donors (Lipinski definition) is 3. The molecule has 0 unspecified atom stereocenters. The van der Waals surface area contributed by atoms with E-state index < -0.39 is 0 Å². The Kier molecular flexibility index (Phi) is 5.86. The van der Waals surface area contributed by atoms with Crippen molar-refractivity contribution in [2.24, 2.45) is 0 Å². The van der Waals surface area contributed by atoms with Crippen molar-refractivity contribution in [1.82, 2.24) is 20.3 Å². The van der Waals surface area contributed by atoms with Crippen LogP contribution < -0.4 is 5.32 Å². The lowest BCUT2D eigenvalue weighted by Gasteiger charge is -2.02. The predicted octanol–water partition coefficient (Wildman–Crippen LogP) is 4.22. The molecule has 4 rings (SSSR count). The number of unbranched alkanes of at least 4 members (excludes halogenated alkanes) is 1. The minimum atomic E-state index is -0.137. The van der Waals surface area contributed by atoms with E-state index in [4.69, 9.17) is 0 Å². The van der Waals surface area contributed by atoms with Crippen LogP contribution in [-0.4, -0.2) is 26.0 Å². The number of carbonyl (C=O) groups excluding carboxylic acids is 1. The fraction of sp³-hybridized carbons (Fsp3) is 0.227. The van der Waals surface area contributed by atoms with Crippen molar-refractivity contribution >= 4 is 28.3 Å². The van der Waals surface area contributed by atoms with Gasteiger partial charge in [-0.25, -0.2) is 9.97 Å². The SMILES string of the molecule is O=C(NCc1ccccc1)c1csc(CCCCc2nc3ccc(O)cc3[nH]2)n1. The Morgan fingerprint density at radius 1 is 1.07 bits per heavy atom. The van der Waals surface area contributed by atoms with Crippen molar-refractivity contribution in [2.75, 3.05) is 0 Å². The second-order valence-corrected chi connectivity index (χ2v) is 7.83. The van der Waals surface area contributed by atoms with E-state index in [1.165, 1.54) is 11.3 Å². The molecule has 1 amide bonds. The molecule has 2 aromatic heterocycles. The fourth-order valence-corrected chi connectivity index (χ4v) is 3.96. The number of imidazole rings is 1. The first-order valence-electron chi connectivity index (χ1n) is 9.61. The lowest BCUT2D eigenvalue weighted by atomic mass is 10.2. The Morgan fingerprint density at radius 3 is 2.76 bits per heavy atom. The fourth-order valence-electron chi connectivity index (χ4n) is 3.14. The quantitative estimate of drug-likeness (QED) is 0.382. The van der Waals surface area contributed by atoms with Crippen LogP contribution in [-0.2, 0) is 19.4 Å². The first-order valence-corrected chi connectivity index (χ1v) is 10.5. The number of H-pyrrole nitrogens is 1. The maximum atomic E-state index is 12.3. The van der Waals surface area contributed by atoms with Crippen molar-refractivity contribution in [3.8, 4) is 5.75 Å². The summed E-state index contributed by atoms with van der Waals surface area (Å²) >= 11 is 1.53. The van der Waals surface area contributed by atoms with Gasteiger partial charge in [0.25, 0.3) is 5.91 Å². The highest BCUT2D eigenvalue weighted by Crippen LogP contribution is 2.19. The van der Waals surface area contributed by atoms with E-state index in [-0.39, 0.29) is 11.7 Å². The number of amides is 1. The summed E-state index contributed by atoms with van der Waals surface area (Å²) in [6.07, 6.45) is 3.63. The summed E-state index contributed by atoms with van der Waals surface area (Å²) in [4.78, 5) is 24.5. The zero-order valence-corrected chi connectivity index (χ0v) is 16.7. The van der Waals surface area contributed by atoms with Gasteiger partial charge in [0.15, 0.2) is 0 Å².